The first-order chi connectivity index (χ1) is 17.7. The highest BCUT2D eigenvalue weighted by atomic mass is 32.1. The summed E-state index contributed by atoms with van der Waals surface area (Å²) in [6, 6.07) is 2.33. The number of hydrogen-bond acceptors (Lipinski definition) is 9. The van der Waals surface area contributed by atoms with E-state index in [4.69, 9.17) is 9.47 Å². The number of aliphatic hydroxyl groups excluding tert-OH is 1. The third-order valence-electron chi connectivity index (χ3n) is 5.86. The zero-order valence-electron chi connectivity index (χ0n) is 20.1. The minimum Gasteiger partial charge on any atom is -0.496 e. The first-order valence-electron chi connectivity index (χ1n) is 11.1. The summed E-state index contributed by atoms with van der Waals surface area (Å²) in [5.41, 5.74) is -0.934. The number of thiophene rings is 1. The number of carbonyl (C=O) groups is 1. The maximum Gasteiger partial charge on any atom is 0.333 e. The Morgan fingerprint density at radius 3 is 2.57 bits per heavy atom. The number of benzene rings is 1. The molecule has 196 valence electrons. The standard InChI is InChI=1S/C23H24FN5O7S/c1-12-18-19(31)28(13(2)22(32)33)23(34)27(21(18)37-20(12)29-25-6-7-26-29)11-17(36-9-8-30)15-10-14(24)4-5-16(15)35-3/h4-7,10,13,17,30H,8-9,11H2,1-3H3,(H,32,33)/t13?,17-/m1/s1. The van der Waals surface area contributed by atoms with Gasteiger partial charge in [-0.1, -0.05) is 11.3 Å². The summed E-state index contributed by atoms with van der Waals surface area (Å²) in [4.78, 5) is 40.4. The molecule has 0 amide bonds. The van der Waals surface area contributed by atoms with Crippen molar-refractivity contribution < 1.29 is 28.9 Å². The van der Waals surface area contributed by atoms with Gasteiger partial charge in [0.1, 0.15) is 33.5 Å². The van der Waals surface area contributed by atoms with Gasteiger partial charge < -0.3 is 19.7 Å². The largest absolute Gasteiger partial charge is 0.496 e. The van der Waals surface area contributed by atoms with Crippen LogP contribution in [0.1, 0.15) is 30.2 Å². The molecule has 1 unspecified atom stereocenters. The van der Waals surface area contributed by atoms with Crippen LogP contribution in [-0.4, -0.2) is 60.6 Å². The van der Waals surface area contributed by atoms with E-state index in [0.717, 1.165) is 11.3 Å². The van der Waals surface area contributed by atoms with Crippen LogP contribution in [0.15, 0.2) is 40.2 Å². The summed E-state index contributed by atoms with van der Waals surface area (Å²) in [7, 11) is 1.39. The highest BCUT2D eigenvalue weighted by Gasteiger charge is 2.28. The number of hydrogen-bond donors (Lipinski definition) is 2. The van der Waals surface area contributed by atoms with Crippen molar-refractivity contribution in [3.8, 4) is 10.8 Å². The summed E-state index contributed by atoms with van der Waals surface area (Å²) < 4.78 is 27.2. The van der Waals surface area contributed by atoms with Crippen molar-refractivity contribution in [2.24, 2.45) is 0 Å². The number of aliphatic carboxylic acids is 1. The Morgan fingerprint density at radius 1 is 1.24 bits per heavy atom. The van der Waals surface area contributed by atoms with Crippen LogP contribution in [0.4, 0.5) is 4.39 Å². The number of fused-ring (bicyclic) bond motifs is 1. The number of rotatable bonds is 10. The number of aryl methyl sites for hydroxylation is 1. The number of carboxylic acid groups (broad SMARTS) is 1. The molecule has 0 aliphatic rings. The molecule has 1 aromatic carbocycles. The molecule has 4 rings (SSSR count). The average Bonchev–Trinajstić information content (AvgIpc) is 3.51. The average molecular weight is 534 g/mol. The third-order valence-corrected chi connectivity index (χ3v) is 7.14. The van der Waals surface area contributed by atoms with Gasteiger partial charge >= 0.3 is 11.7 Å². The molecule has 12 nitrogen and oxygen atoms in total. The fraction of sp³-hybridized carbons (Fsp3) is 0.348. The van der Waals surface area contributed by atoms with Crippen molar-refractivity contribution in [2.45, 2.75) is 32.5 Å². The number of carboxylic acids is 1. The maximum atomic E-state index is 14.2. The SMILES string of the molecule is COc1ccc(F)cc1[C@@H](Cn1c(=O)n(C(C)C(=O)O)c(=O)c2c(C)c(-n3nccn3)sc21)OCCO. The van der Waals surface area contributed by atoms with E-state index < -0.39 is 35.2 Å². The smallest absolute Gasteiger partial charge is 0.333 e. The minimum absolute atomic E-state index is 0.122. The second kappa shape index (κ2) is 10.6. The summed E-state index contributed by atoms with van der Waals surface area (Å²) in [5, 5.41) is 27.8. The number of halogens is 1. The van der Waals surface area contributed by atoms with Crippen molar-refractivity contribution in [1.29, 1.82) is 0 Å². The maximum absolute atomic E-state index is 14.2. The monoisotopic (exact) mass is 533 g/mol. The highest BCUT2D eigenvalue weighted by Crippen LogP contribution is 2.34. The first-order valence-corrected chi connectivity index (χ1v) is 11.9. The third kappa shape index (κ3) is 4.77. The second-order valence-corrected chi connectivity index (χ2v) is 9.06. The Labute approximate surface area is 212 Å². The van der Waals surface area contributed by atoms with Gasteiger partial charge in [0.15, 0.2) is 0 Å². The molecule has 3 aromatic heterocycles. The second-order valence-electron chi connectivity index (χ2n) is 8.08. The quantitative estimate of drug-likeness (QED) is 0.310. The lowest BCUT2D eigenvalue weighted by Gasteiger charge is -2.23. The van der Waals surface area contributed by atoms with E-state index >= 15 is 0 Å². The molecule has 4 aromatic rings. The molecule has 0 aliphatic carbocycles. The van der Waals surface area contributed by atoms with E-state index in [1.54, 1.807) is 6.92 Å². The summed E-state index contributed by atoms with van der Waals surface area (Å²) >= 11 is 1.07. The van der Waals surface area contributed by atoms with Crippen molar-refractivity contribution >= 4 is 27.5 Å². The van der Waals surface area contributed by atoms with Crippen molar-refractivity contribution in [2.75, 3.05) is 20.3 Å². The number of ether oxygens (including phenoxy) is 2. The molecule has 14 heteroatoms. The van der Waals surface area contributed by atoms with E-state index in [2.05, 4.69) is 10.2 Å². The van der Waals surface area contributed by atoms with E-state index in [-0.39, 0.29) is 41.3 Å². The van der Waals surface area contributed by atoms with Gasteiger partial charge in [0.25, 0.3) is 5.56 Å². The summed E-state index contributed by atoms with van der Waals surface area (Å²) in [6.45, 7) is 2.15. The van der Waals surface area contributed by atoms with Gasteiger partial charge in [-0.3, -0.25) is 9.36 Å². The van der Waals surface area contributed by atoms with Gasteiger partial charge in [-0.2, -0.15) is 10.2 Å². The molecule has 0 radical (unpaired) electrons. The van der Waals surface area contributed by atoms with Crippen molar-refractivity contribution in [3.05, 3.63) is 68.4 Å². The highest BCUT2D eigenvalue weighted by molar-refractivity contribution is 7.21. The summed E-state index contributed by atoms with van der Waals surface area (Å²) in [5.74, 6) is -1.66. The van der Waals surface area contributed by atoms with Crippen LogP contribution < -0.4 is 16.0 Å². The van der Waals surface area contributed by atoms with Gasteiger partial charge in [0, 0.05) is 11.1 Å². The van der Waals surface area contributed by atoms with Gasteiger partial charge in [-0.15, -0.1) is 4.80 Å². The van der Waals surface area contributed by atoms with Crippen LogP contribution in [-0.2, 0) is 16.1 Å². The molecule has 0 bridgehead atoms. The van der Waals surface area contributed by atoms with Gasteiger partial charge in [-0.25, -0.2) is 18.5 Å². The van der Waals surface area contributed by atoms with E-state index in [1.165, 1.54) is 54.0 Å². The normalized spacial score (nSPS) is 13.1. The molecule has 0 fully saturated rings. The molecule has 0 aliphatic heterocycles. The molecule has 3 heterocycles. The zero-order chi connectivity index (χ0) is 26.9. The fourth-order valence-corrected chi connectivity index (χ4v) is 5.26. The van der Waals surface area contributed by atoms with Crippen LogP contribution in [0.5, 0.6) is 5.75 Å². The minimum atomic E-state index is -1.47. The van der Waals surface area contributed by atoms with Crippen LogP contribution in [0.25, 0.3) is 15.2 Å². The lowest BCUT2D eigenvalue weighted by molar-refractivity contribution is -0.140. The lowest BCUT2D eigenvalue weighted by Crippen LogP contribution is -2.44. The predicted octanol–water partition coefficient (Wildman–Crippen LogP) is 1.66. The van der Waals surface area contributed by atoms with Gasteiger partial charge in [0.2, 0.25) is 0 Å². The van der Waals surface area contributed by atoms with Crippen LogP contribution in [0, 0.1) is 12.7 Å². The Morgan fingerprint density at radius 2 is 1.95 bits per heavy atom. The molecule has 37 heavy (non-hydrogen) atoms. The van der Waals surface area contributed by atoms with Crippen LogP contribution in [0.3, 0.4) is 0 Å². The topological polar surface area (TPSA) is 151 Å². The molecular weight excluding hydrogens is 509 g/mol. The van der Waals surface area contributed by atoms with E-state index in [9.17, 15) is 29.0 Å². The first kappa shape index (κ1) is 26.2. The molecular formula is C23H24FN5O7S. The Kier molecular flexibility index (Phi) is 7.52. The Hall–Kier alpha value is -3.88. The number of methoxy groups -OCH3 is 1. The van der Waals surface area contributed by atoms with E-state index in [0.29, 0.717) is 15.1 Å². The lowest BCUT2D eigenvalue weighted by atomic mass is 10.1. The van der Waals surface area contributed by atoms with Crippen LogP contribution in [0.2, 0.25) is 0 Å². The number of aromatic nitrogens is 5. The van der Waals surface area contributed by atoms with Gasteiger partial charge in [0.05, 0.1) is 44.6 Å². The number of aliphatic hydroxyl groups is 1. The summed E-state index contributed by atoms with van der Waals surface area (Å²) in [6.07, 6.45) is 1.91. The number of nitrogens with zero attached hydrogens (tertiary/aromatic N) is 5. The van der Waals surface area contributed by atoms with Crippen molar-refractivity contribution in [3.63, 3.8) is 0 Å². The molecule has 2 N–H and O–H groups in total. The molecule has 0 spiro atoms. The molecule has 0 saturated carbocycles. The van der Waals surface area contributed by atoms with E-state index in [1.807, 2.05) is 0 Å². The Bertz CT molecular complexity index is 1560. The Balaban J connectivity index is 2.01. The molecule has 2 atom stereocenters. The van der Waals surface area contributed by atoms with Crippen molar-refractivity contribution in [1.82, 2.24) is 24.1 Å². The van der Waals surface area contributed by atoms with Crippen LogP contribution >= 0.6 is 11.3 Å². The van der Waals surface area contributed by atoms with Gasteiger partial charge in [-0.05, 0) is 32.0 Å². The molecule has 0 saturated heterocycles. The predicted molar refractivity (Wildman–Crippen MR) is 131 cm³/mol. The zero-order valence-corrected chi connectivity index (χ0v) is 20.9. The fourth-order valence-electron chi connectivity index (χ4n) is 4.04.